The molecule has 0 heterocycles. The Bertz CT molecular complexity index is 1100. The summed E-state index contributed by atoms with van der Waals surface area (Å²) in [7, 11) is 1.54. The molecule has 0 fully saturated rings. The van der Waals surface area contributed by atoms with Crippen molar-refractivity contribution in [3.05, 3.63) is 77.9 Å². The predicted molar refractivity (Wildman–Crippen MR) is 109 cm³/mol. The molecule has 7 nitrogen and oxygen atoms in total. The Balaban J connectivity index is 2.09. The first kappa shape index (κ1) is 19.5. The van der Waals surface area contributed by atoms with Crippen molar-refractivity contribution in [2.24, 2.45) is 5.10 Å². The van der Waals surface area contributed by atoms with E-state index in [2.05, 4.69) is 10.5 Å². The number of phenols is 1. The summed E-state index contributed by atoms with van der Waals surface area (Å²) >= 11 is 0. The van der Waals surface area contributed by atoms with E-state index in [1.165, 1.54) is 19.2 Å². The van der Waals surface area contributed by atoms with Crippen LogP contribution in [0.15, 0.2) is 71.8 Å². The van der Waals surface area contributed by atoms with E-state index in [0.717, 1.165) is 0 Å². The number of ether oxygens (including phenoxy) is 1. The van der Waals surface area contributed by atoms with Crippen molar-refractivity contribution in [1.29, 1.82) is 5.26 Å². The number of benzene rings is 3. The number of aromatic hydroxyl groups is 1. The summed E-state index contributed by atoms with van der Waals surface area (Å²) in [5.41, 5.74) is 4.21. The minimum Gasteiger partial charge on any atom is -0.507 e. The number of nitrogens with one attached hydrogen (secondary N) is 1. The van der Waals surface area contributed by atoms with E-state index in [4.69, 9.17) is 4.74 Å². The van der Waals surface area contributed by atoms with Gasteiger partial charge in [-0.2, -0.15) is 10.4 Å². The van der Waals surface area contributed by atoms with Gasteiger partial charge in [0.15, 0.2) is 5.71 Å². The van der Waals surface area contributed by atoms with Crippen molar-refractivity contribution in [3.63, 3.8) is 0 Å². The number of aliphatic carboxylic acids is 1. The largest absolute Gasteiger partial charge is 0.507 e. The Morgan fingerprint density at radius 1 is 1.10 bits per heavy atom. The molecule has 3 rings (SSSR count). The molecule has 0 spiro atoms. The molecular weight excluding hydrogens is 370 g/mol. The van der Waals surface area contributed by atoms with E-state index < -0.39 is 5.97 Å². The fourth-order valence-corrected chi connectivity index (χ4v) is 2.75. The van der Waals surface area contributed by atoms with Gasteiger partial charge in [0.25, 0.3) is 0 Å². The van der Waals surface area contributed by atoms with Crippen molar-refractivity contribution < 1.29 is 19.7 Å². The van der Waals surface area contributed by atoms with Crippen LogP contribution in [0.4, 0.5) is 5.69 Å². The second-order valence-electron chi connectivity index (χ2n) is 6.00. The van der Waals surface area contributed by atoms with Crippen molar-refractivity contribution in [3.8, 4) is 28.7 Å². The minimum absolute atomic E-state index is 0.0414. The molecule has 3 N–H and O–H groups in total. The molecule has 144 valence electrons. The number of carboxylic acids is 1. The Kier molecular flexibility index (Phi) is 5.76. The van der Waals surface area contributed by atoms with Crippen molar-refractivity contribution in [2.75, 3.05) is 12.5 Å². The molecule has 3 aromatic rings. The van der Waals surface area contributed by atoms with E-state index >= 15 is 0 Å². The number of para-hydroxylation sites is 1. The summed E-state index contributed by atoms with van der Waals surface area (Å²) in [5.74, 6) is -0.977. The normalized spacial score (nSPS) is 10.8. The summed E-state index contributed by atoms with van der Waals surface area (Å²) in [6.07, 6.45) is 0. The molecule has 7 heteroatoms. The number of rotatable bonds is 6. The maximum absolute atomic E-state index is 11.8. The van der Waals surface area contributed by atoms with Crippen LogP contribution in [0, 0.1) is 11.3 Å². The number of hydrazone groups is 1. The van der Waals surface area contributed by atoms with Crippen molar-refractivity contribution in [2.45, 2.75) is 0 Å². The van der Waals surface area contributed by atoms with Crippen LogP contribution in [0.5, 0.6) is 11.5 Å². The molecule has 0 amide bonds. The van der Waals surface area contributed by atoms with E-state index in [-0.39, 0.29) is 22.6 Å². The molecule has 0 bridgehead atoms. The van der Waals surface area contributed by atoms with Crippen LogP contribution in [-0.4, -0.2) is 29.0 Å². The summed E-state index contributed by atoms with van der Waals surface area (Å²) in [6, 6.07) is 20.4. The standard InChI is InChI=1S/C22H17N3O4/c1-29-17-9-7-14(8-10-17)18-11-15(12-20(26)19(18)13-23)21(22(27)28)25-24-16-5-3-2-4-6-16/h2-12,24,26H,1H3,(H,27,28)/b25-21-. The highest BCUT2D eigenvalue weighted by atomic mass is 16.5. The van der Waals surface area contributed by atoms with E-state index in [9.17, 15) is 20.3 Å². The SMILES string of the molecule is COc1ccc(-c2cc(/C(=N/Nc3ccccc3)C(=O)O)cc(O)c2C#N)cc1. The summed E-state index contributed by atoms with van der Waals surface area (Å²) in [5, 5.41) is 33.4. The lowest BCUT2D eigenvalue weighted by molar-refractivity contribution is -0.129. The molecule has 29 heavy (non-hydrogen) atoms. The molecule has 0 aliphatic rings. The Morgan fingerprint density at radius 3 is 2.38 bits per heavy atom. The molecule has 0 aliphatic heterocycles. The average Bonchev–Trinajstić information content (AvgIpc) is 2.74. The first-order valence-electron chi connectivity index (χ1n) is 8.57. The van der Waals surface area contributed by atoms with Gasteiger partial charge in [0, 0.05) is 11.1 Å². The van der Waals surface area contributed by atoms with Gasteiger partial charge in [-0.3, -0.25) is 5.43 Å². The van der Waals surface area contributed by atoms with Crippen LogP contribution in [-0.2, 0) is 4.79 Å². The van der Waals surface area contributed by atoms with Crippen LogP contribution < -0.4 is 10.2 Å². The molecule has 0 atom stereocenters. The Hall–Kier alpha value is -4.31. The highest BCUT2D eigenvalue weighted by Crippen LogP contribution is 2.32. The topological polar surface area (TPSA) is 115 Å². The molecule has 3 aromatic carbocycles. The number of nitrogens with zero attached hydrogens (tertiary/aromatic N) is 2. The number of hydrogen-bond acceptors (Lipinski definition) is 6. The lowest BCUT2D eigenvalue weighted by Crippen LogP contribution is -2.16. The Morgan fingerprint density at radius 2 is 1.79 bits per heavy atom. The second kappa shape index (κ2) is 8.59. The molecule has 0 radical (unpaired) electrons. The number of methoxy groups -OCH3 is 1. The van der Waals surface area contributed by atoms with Gasteiger partial charge < -0.3 is 14.9 Å². The number of phenolic OH excluding ortho intramolecular Hbond substituents is 1. The van der Waals surface area contributed by atoms with Crippen LogP contribution in [0.2, 0.25) is 0 Å². The monoisotopic (exact) mass is 387 g/mol. The summed E-state index contributed by atoms with van der Waals surface area (Å²) in [4.78, 5) is 11.8. The summed E-state index contributed by atoms with van der Waals surface area (Å²) < 4.78 is 5.13. The van der Waals surface area contributed by atoms with Gasteiger partial charge in [-0.05, 0) is 42.0 Å². The molecule has 0 saturated heterocycles. The molecule has 0 aliphatic carbocycles. The lowest BCUT2D eigenvalue weighted by Gasteiger charge is -2.11. The van der Waals surface area contributed by atoms with Crippen molar-refractivity contribution in [1.82, 2.24) is 0 Å². The smallest absolute Gasteiger partial charge is 0.356 e. The third kappa shape index (κ3) is 4.34. The fraction of sp³-hybridized carbons (Fsp3) is 0.0455. The summed E-state index contributed by atoms with van der Waals surface area (Å²) in [6.45, 7) is 0. The zero-order chi connectivity index (χ0) is 20.8. The highest BCUT2D eigenvalue weighted by molar-refractivity contribution is 6.42. The quantitative estimate of drug-likeness (QED) is 0.437. The van der Waals surface area contributed by atoms with Crippen LogP contribution in [0.1, 0.15) is 11.1 Å². The molecule has 0 saturated carbocycles. The second-order valence-corrected chi connectivity index (χ2v) is 6.00. The fourth-order valence-electron chi connectivity index (χ4n) is 2.75. The number of nitriles is 1. The van der Waals surface area contributed by atoms with Gasteiger partial charge in [-0.15, -0.1) is 0 Å². The number of anilines is 1. The maximum atomic E-state index is 11.8. The molecular formula is C22H17N3O4. The first-order valence-corrected chi connectivity index (χ1v) is 8.57. The number of carboxylic acid groups (broad SMARTS) is 1. The van der Waals surface area contributed by atoms with Gasteiger partial charge >= 0.3 is 5.97 Å². The van der Waals surface area contributed by atoms with Gasteiger partial charge in [0.2, 0.25) is 0 Å². The van der Waals surface area contributed by atoms with E-state index in [1.54, 1.807) is 48.5 Å². The van der Waals surface area contributed by atoms with Gasteiger partial charge in [-0.1, -0.05) is 30.3 Å². The maximum Gasteiger partial charge on any atom is 0.356 e. The third-order valence-corrected chi connectivity index (χ3v) is 4.18. The van der Waals surface area contributed by atoms with Gasteiger partial charge in [-0.25, -0.2) is 4.79 Å². The van der Waals surface area contributed by atoms with Crippen LogP contribution in [0.3, 0.4) is 0 Å². The van der Waals surface area contributed by atoms with Crippen LogP contribution >= 0.6 is 0 Å². The number of carbonyl (C=O) groups is 1. The van der Waals surface area contributed by atoms with Crippen molar-refractivity contribution >= 4 is 17.4 Å². The molecule has 0 unspecified atom stereocenters. The zero-order valence-electron chi connectivity index (χ0n) is 15.5. The molecule has 0 aromatic heterocycles. The van der Waals surface area contributed by atoms with E-state index in [1.807, 2.05) is 12.1 Å². The van der Waals surface area contributed by atoms with Gasteiger partial charge in [0.05, 0.1) is 12.8 Å². The lowest BCUT2D eigenvalue weighted by atomic mass is 9.95. The number of hydrogen-bond donors (Lipinski definition) is 3. The minimum atomic E-state index is -1.28. The zero-order valence-corrected chi connectivity index (χ0v) is 15.5. The van der Waals surface area contributed by atoms with E-state index in [0.29, 0.717) is 22.6 Å². The predicted octanol–water partition coefficient (Wildman–Crippen LogP) is 3.84. The highest BCUT2D eigenvalue weighted by Gasteiger charge is 2.19. The van der Waals surface area contributed by atoms with Crippen LogP contribution in [0.25, 0.3) is 11.1 Å². The first-order chi connectivity index (χ1) is 14.0. The third-order valence-electron chi connectivity index (χ3n) is 4.18. The Labute approximate surface area is 167 Å². The average molecular weight is 387 g/mol. The van der Waals surface area contributed by atoms with Gasteiger partial charge in [0.1, 0.15) is 23.1 Å².